The molecule has 230 valence electrons. The van der Waals surface area contributed by atoms with Gasteiger partial charge in [-0.25, -0.2) is 0 Å². The van der Waals surface area contributed by atoms with E-state index in [0.29, 0.717) is 41.9 Å². The number of piperidine rings is 1. The summed E-state index contributed by atoms with van der Waals surface area (Å²) >= 11 is 0. The molecule has 3 N–H and O–H groups in total. The van der Waals surface area contributed by atoms with E-state index in [1.807, 2.05) is 24.3 Å². The topological polar surface area (TPSA) is 164 Å². The van der Waals surface area contributed by atoms with E-state index in [0.717, 1.165) is 29.7 Å². The van der Waals surface area contributed by atoms with E-state index in [1.165, 1.54) is 0 Å². The van der Waals surface area contributed by atoms with Crippen LogP contribution in [0, 0.1) is 0 Å². The molecule has 0 aliphatic carbocycles. The van der Waals surface area contributed by atoms with Crippen molar-refractivity contribution in [3.63, 3.8) is 0 Å². The van der Waals surface area contributed by atoms with Gasteiger partial charge in [-0.1, -0.05) is 25.0 Å². The molecule has 0 spiro atoms. The zero-order chi connectivity index (χ0) is 31.3. The monoisotopic (exact) mass is 608 g/mol. The molecule has 1 fully saturated rings. The second-order valence-corrected chi connectivity index (χ2v) is 11.1. The molecule has 0 bridgehead atoms. The van der Waals surface area contributed by atoms with Crippen molar-refractivity contribution in [3.8, 4) is 0 Å². The summed E-state index contributed by atoms with van der Waals surface area (Å²) in [5.41, 5.74) is 3.18. The lowest BCUT2D eigenvalue weighted by molar-refractivity contribution is -0.136. The summed E-state index contributed by atoms with van der Waals surface area (Å²) in [5.74, 6) is -1.63. The Labute approximate surface area is 258 Å². The van der Waals surface area contributed by atoms with Crippen LogP contribution in [0.5, 0.6) is 0 Å². The number of anilines is 1. The van der Waals surface area contributed by atoms with Gasteiger partial charge in [-0.3, -0.25) is 44.2 Å². The first-order valence-electron chi connectivity index (χ1n) is 15.0. The third-order valence-electron chi connectivity index (χ3n) is 8.03. The molecular formula is C33H32N6O6. The van der Waals surface area contributed by atoms with Crippen molar-refractivity contribution >= 4 is 46.3 Å². The SMILES string of the molecule is O=C1CCC(N2C(=O)c3cccc(NCCCCCCC(=O)NC(c4cccnc4)c4cc5ncccc5o4)c3C2=O)C(=O)N1. The minimum atomic E-state index is -1.00. The van der Waals surface area contributed by atoms with Crippen molar-refractivity contribution in [1.82, 2.24) is 25.5 Å². The number of nitrogens with zero attached hydrogens (tertiary/aromatic N) is 3. The highest BCUT2D eigenvalue weighted by Crippen LogP contribution is 2.32. The molecule has 5 heterocycles. The van der Waals surface area contributed by atoms with Crippen LogP contribution < -0.4 is 16.0 Å². The Hall–Kier alpha value is -5.39. The van der Waals surface area contributed by atoms with Crippen LogP contribution in [-0.2, 0) is 14.4 Å². The number of rotatable bonds is 12. The van der Waals surface area contributed by atoms with Crippen LogP contribution in [-0.4, -0.2) is 57.0 Å². The van der Waals surface area contributed by atoms with Crippen molar-refractivity contribution < 1.29 is 28.4 Å². The van der Waals surface area contributed by atoms with Crippen molar-refractivity contribution in [2.75, 3.05) is 11.9 Å². The molecule has 3 aromatic heterocycles. The summed E-state index contributed by atoms with van der Waals surface area (Å²) < 4.78 is 5.99. The zero-order valence-corrected chi connectivity index (χ0v) is 24.5. The number of fused-ring (bicyclic) bond motifs is 2. The van der Waals surface area contributed by atoms with E-state index in [9.17, 15) is 24.0 Å². The quantitative estimate of drug-likeness (QED) is 0.160. The van der Waals surface area contributed by atoms with Gasteiger partial charge in [-0.05, 0) is 49.6 Å². The van der Waals surface area contributed by atoms with Gasteiger partial charge in [0.2, 0.25) is 17.7 Å². The van der Waals surface area contributed by atoms with Crippen molar-refractivity contribution in [1.29, 1.82) is 0 Å². The number of nitrogens with one attached hydrogen (secondary N) is 3. The largest absolute Gasteiger partial charge is 0.457 e. The molecule has 45 heavy (non-hydrogen) atoms. The number of benzene rings is 1. The van der Waals surface area contributed by atoms with Gasteiger partial charge < -0.3 is 15.1 Å². The third kappa shape index (κ3) is 6.30. The van der Waals surface area contributed by atoms with Crippen LogP contribution in [0.3, 0.4) is 0 Å². The van der Waals surface area contributed by atoms with Gasteiger partial charge in [0.25, 0.3) is 11.8 Å². The van der Waals surface area contributed by atoms with Gasteiger partial charge >= 0.3 is 0 Å². The molecule has 12 heteroatoms. The fourth-order valence-electron chi connectivity index (χ4n) is 5.78. The number of imide groups is 2. The summed E-state index contributed by atoms with van der Waals surface area (Å²) in [6.45, 7) is 0.561. The Morgan fingerprint density at radius 3 is 2.64 bits per heavy atom. The third-order valence-corrected chi connectivity index (χ3v) is 8.03. The van der Waals surface area contributed by atoms with E-state index in [-0.39, 0.29) is 29.9 Å². The standard InChI is InChI=1S/C33H32N6O6/c40-27(37-30(20-8-6-15-34-19-20)26-18-23-25(45-26)11-7-17-36-23)12-3-1-2-4-16-35-22-10-5-9-21-29(22)33(44)39(32(21)43)24-13-14-28(41)38-31(24)42/h5-11,15,17-19,24,30,35H,1-4,12-14,16H2,(H,37,40)(H,38,41,42). The zero-order valence-electron chi connectivity index (χ0n) is 24.5. The van der Waals surface area contributed by atoms with Gasteiger partial charge in [0.15, 0.2) is 5.58 Å². The summed E-state index contributed by atoms with van der Waals surface area (Å²) in [6, 6.07) is 12.7. The predicted octanol–water partition coefficient (Wildman–Crippen LogP) is 3.89. The van der Waals surface area contributed by atoms with E-state index < -0.39 is 35.7 Å². The molecular weight excluding hydrogens is 576 g/mol. The highest BCUT2D eigenvalue weighted by Gasteiger charge is 2.45. The van der Waals surface area contributed by atoms with Crippen LogP contribution in [0.2, 0.25) is 0 Å². The fourth-order valence-corrected chi connectivity index (χ4v) is 5.78. The Balaban J connectivity index is 0.978. The number of pyridine rings is 2. The second kappa shape index (κ2) is 13.1. The lowest BCUT2D eigenvalue weighted by atomic mass is 10.0. The number of furan rings is 1. The smallest absolute Gasteiger partial charge is 0.264 e. The van der Waals surface area contributed by atoms with Crippen LogP contribution in [0.25, 0.3) is 11.1 Å². The Morgan fingerprint density at radius 2 is 1.84 bits per heavy atom. The van der Waals surface area contributed by atoms with Gasteiger partial charge in [-0.15, -0.1) is 0 Å². The first kappa shape index (κ1) is 29.7. The highest BCUT2D eigenvalue weighted by atomic mass is 16.3. The molecule has 12 nitrogen and oxygen atoms in total. The van der Waals surface area contributed by atoms with Crippen LogP contribution in [0.4, 0.5) is 5.69 Å². The summed E-state index contributed by atoms with van der Waals surface area (Å²) in [6.07, 6.45) is 8.77. The van der Waals surface area contributed by atoms with Crippen LogP contribution >= 0.6 is 0 Å². The molecule has 4 aromatic rings. The lowest BCUT2D eigenvalue weighted by Gasteiger charge is -2.27. The minimum absolute atomic E-state index is 0.0701. The molecule has 0 radical (unpaired) electrons. The number of carbonyl (C=O) groups is 5. The molecule has 1 aromatic carbocycles. The minimum Gasteiger partial charge on any atom is -0.457 e. The van der Waals surface area contributed by atoms with Gasteiger partial charge in [0.05, 0.1) is 11.1 Å². The van der Waals surface area contributed by atoms with Crippen LogP contribution in [0.1, 0.15) is 83.0 Å². The van der Waals surface area contributed by atoms with E-state index in [4.69, 9.17) is 4.42 Å². The molecule has 6 rings (SSSR count). The molecule has 2 unspecified atom stereocenters. The average Bonchev–Trinajstić information content (AvgIpc) is 3.58. The maximum atomic E-state index is 13.2. The van der Waals surface area contributed by atoms with Gasteiger partial charge in [0, 0.05) is 55.3 Å². The molecule has 0 saturated carbocycles. The van der Waals surface area contributed by atoms with E-state index >= 15 is 0 Å². The molecule has 2 atom stereocenters. The van der Waals surface area contributed by atoms with Gasteiger partial charge in [-0.2, -0.15) is 0 Å². The lowest BCUT2D eigenvalue weighted by Crippen LogP contribution is -2.54. The van der Waals surface area contributed by atoms with E-state index in [2.05, 4.69) is 25.9 Å². The highest BCUT2D eigenvalue weighted by molar-refractivity contribution is 6.25. The predicted molar refractivity (Wildman–Crippen MR) is 163 cm³/mol. The normalized spacial score (nSPS) is 16.9. The number of hydrogen-bond acceptors (Lipinski definition) is 9. The number of carbonyl (C=O) groups excluding carboxylic acids is 5. The summed E-state index contributed by atoms with van der Waals surface area (Å²) in [5, 5.41) is 8.55. The number of hydrogen-bond donors (Lipinski definition) is 3. The van der Waals surface area contributed by atoms with Crippen molar-refractivity contribution in [2.45, 2.75) is 57.0 Å². The Kier molecular flexibility index (Phi) is 8.63. The van der Waals surface area contributed by atoms with Crippen molar-refractivity contribution in [2.24, 2.45) is 0 Å². The molecule has 1 saturated heterocycles. The van der Waals surface area contributed by atoms with Crippen LogP contribution in [0.15, 0.2) is 71.5 Å². The number of unbranched alkanes of at least 4 members (excludes halogenated alkanes) is 3. The maximum Gasteiger partial charge on any atom is 0.264 e. The summed E-state index contributed by atoms with van der Waals surface area (Å²) in [4.78, 5) is 72.6. The second-order valence-electron chi connectivity index (χ2n) is 11.1. The van der Waals surface area contributed by atoms with Gasteiger partial charge in [0.1, 0.15) is 23.4 Å². The first-order valence-corrected chi connectivity index (χ1v) is 15.0. The van der Waals surface area contributed by atoms with E-state index in [1.54, 1.807) is 42.9 Å². The maximum absolute atomic E-state index is 13.2. The van der Waals surface area contributed by atoms with Crippen molar-refractivity contribution in [3.05, 3.63) is 89.6 Å². The first-order chi connectivity index (χ1) is 21.9. The summed E-state index contributed by atoms with van der Waals surface area (Å²) in [7, 11) is 0. The Morgan fingerprint density at radius 1 is 1.00 bits per heavy atom. The molecule has 2 aliphatic rings. The molecule has 5 amide bonds. The number of aromatic nitrogens is 2. The fraction of sp³-hybridized carbons (Fsp3) is 0.303. The average molecular weight is 609 g/mol. The number of amides is 5. The Bertz CT molecular complexity index is 1740. The molecule has 2 aliphatic heterocycles.